The number of benzene rings is 8. The zero-order chi connectivity index (χ0) is 42.3. The minimum absolute atomic E-state index is 0.333. The van der Waals surface area contributed by atoms with Gasteiger partial charge in [0.15, 0.2) is 20.7 Å². The maximum Gasteiger partial charge on any atom is 0.184 e. The van der Waals surface area contributed by atoms with Crippen molar-refractivity contribution in [3.63, 3.8) is 0 Å². The van der Waals surface area contributed by atoms with Gasteiger partial charge in [0.25, 0.3) is 0 Å². The summed E-state index contributed by atoms with van der Waals surface area (Å²) in [6.07, 6.45) is -0.666. The molecule has 3 heterocycles. The second kappa shape index (κ2) is 16.6. The number of rotatable bonds is 10. The molecule has 310 valence electrons. The molecule has 2 fully saturated rings. The van der Waals surface area contributed by atoms with Gasteiger partial charge in [-0.15, -0.1) is 0 Å². The number of aryl methyl sites for hydroxylation is 2. The standard InChI is InChI=1S/C56H48N2O4Si/c1-39-11-9-13-45(35-39)57(43-23-19-41(20-24-43)55-59-31-32-60-55)47-27-29-51-52-30-28-48(38-54(52)63(53(51)37-47,49-15-5-3-6-16-49)50-17-7-4-8-18-50)58(46-14-10-12-40(2)36-46)44-25-21-42(22-26-44)56-61-33-34-62-56/h3-30,35-38,55-56H,31-34H2,1-2H3. The summed E-state index contributed by atoms with van der Waals surface area (Å²) in [5, 5.41) is 5.43. The Balaban J connectivity index is 1.12. The smallest absolute Gasteiger partial charge is 0.184 e. The first-order chi connectivity index (χ1) is 31.0. The topological polar surface area (TPSA) is 43.4 Å². The number of hydrogen-bond donors (Lipinski definition) is 0. The second-order valence-electron chi connectivity index (χ2n) is 16.6. The Morgan fingerprint density at radius 1 is 0.365 bits per heavy atom. The third kappa shape index (κ3) is 7.08. The maximum absolute atomic E-state index is 5.87. The van der Waals surface area contributed by atoms with Crippen LogP contribution in [0.1, 0.15) is 34.8 Å². The van der Waals surface area contributed by atoms with E-state index in [4.69, 9.17) is 18.9 Å². The van der Waals surface area contributed by atoms with E-state index < -0.39 is 8.07 Å². The van der Waals surface area contributed by atoms with Gasteiger partial charge in [0.1, 0.15) is 0 Å². The van der Waals surface area contributed by atoms with E-state index in [0.29, 0.717) is 26.4 Å². The average Bonchev–Trinajstić information content (AvgIpc) is 4.12. The number of fused-ring (bicyclic) bond motifs is 3. The van der Waals surface area contributed by atoms with E-state index in [1.165, 1.54) is 43.0 Å². The molecule has 11 rings (SSSR count). The van der Waals surface area contributed by atoms with Crippen LogP contribution in [0, 0.1) is 13.8 Å². The van der Waals surface area contributed by atoms with Crippen LogP contribution in [-0.2, 0) is 18.9 Å². The van der Waals surface area contributed by atoms with E-state index in [1.54, 1.807) is 0 Å². The number of nitrogens with zero attached hydrogens (tertiary/aromatic N) is 2. The first-order valence-electron chi connectivity index (χ1n) is 21.8. The Morgan fingerprint density at radius 2 is 0.730 bits per heavy atom. The molecule has 0 atom stereocenters. The SMILES string of the molecule is Cc1cccc(N(c2ccc(C3OCCO3)cc2)c2ccc3c(c2)[Si](c2ccccc2)(c2ccccc2)c2cc(N(c4ccc(C5OCCO5)cc4)c4cccc(C)c4)ccc2-3)c1. The highest BCUT2D eigenvalue weighted by molar-refractivity contribution is 7.22. The van der Waals surface area contributed by atoms with E-state index in [2.05, 4.69) is 218 Å². The Bertz CT molecular complexity index is 2690. The lowest BCUT2D eigenvalue weighted by molar-refractivity contribution is -0.0443. The molecular weight excluding hydrogens is 793 g/mol. The lowest BCUT2D eigenvalue weighted by Gasteiger charge is -2.34. The fraction of sp³-hybridized carbons (Fsp3) is 0.143. The molecule has 0 unspecified atom stereocenters. The van der Waals surface area contributed by atoms with Gasteiger partial charge in [-0.25, -0.2) is 0 Å². The van der Waals surface area contributed by atoms with Gasteiger partial charge in [-0.05, 0) is 130 Å². The van der Waals surface area contributed by atoms with Crippen molar-refractivity contribution in [2.24, 2.45) is 0 Å². The molecule has 0 aromatic heterocycles. The molecule has 63 heavy (non-hydrogen) atoms. The number of ether oxygens (including phenoxy) is 4. The number of hydrogen-bond acceptors (Lipinski definition) is 6. The predicted molar refractivity (Wildman–Crippen MR) is 257 cm³/mol. The monoisotopic (exact) mass is 840 g/mol. The van der Waals surface area contributed by atoms with Crippen molar-refractivity contribution >= 4 is 62.9 Å². The van der Waals surface area contributed by atoms with Crippen LogP contribution in [0.15, 0.2) is 194 Å². The van der Waals surface area contributed by atoms with Crippen molar-refractivity contribution in [3.8, 4) is 11.1 Å². The summed E-state index contributed by atoms with van der Waals surface area (Å²) in [6, 6.07) is 71.7. The highest BCUT2D eigenvalue weighted by Gasteiger charge is 2.49. The largest absolute Gasteiger partial charge is 0.346 e. The van der Waals surface area contributed by atoms with Crippen LogP contribution in [0.3, 0.4) is 0 Å². The Hall–Kier alpha value is -6.58. The second-order valence-corrected chi connectivity index (χ2v) is 20.4. The first-order valence-corrected chi connectivity index (χ1v) is 23.8. The Labute approximate surface area is 370 Å². The molecule has 0 radical (unpaired) electrons. The quantitative estimate of drug-likeness (QED) is 0.128. The minimum Gasteiger partial charge on any atom is -0.346 e. The van der Waals surface area contributed by atoms with Crippen LogP contribution < -0.4 is 30.5 Å². The Morgan fingerprint density at radius 3 is 1.11 bits per heavy atom. The summed E-state index contributed by atoms with van der Waals surface area (Å²) in [6.45, 7) is 6.76. The normalized spacial score (nSPS) is 15.6. The third-order valence-corrected chi connectivity index (χ3v) is 17.5. The molecule has 3 aliphatic rings. The molecule has 0 amide bonds. The van der Waals surface area contributed by atoms with Gasteiger partial charge in [-0.1, -0.05) is 121 Å². The van der Waals surface area contributed by atoms with Gasteiger partial charge in [0, 0.05) is 45.3 Å². The third-order valence-electron chi connectivity index (χ3n) is 12.6. The molecule has 8 aromatic carbocycles. The molecule has 0 bridgehead atoms. The summed E-state index contributed by atoms with van der Waals surface area (Å²) in [4.78, 5) is 4.78. The lowest BCUT2D eigenvalue weighted by atomic mass is 10.0. The number of anilines is 6. The van der Waals surface area contributed by atoms with Crippen LogP contribution in [0.5, 0.6) is 0 Å². The Kier molecular flexibility index (Phi) is 10.4. The van der Waals surface area contributed by atoms with Gasteiger partial charge in [0.05, 0.1) is 26.4 Å². The van der Waals surface area contributed by atoms with Crippen molar-refractivity contribution in [1.82, 2.24) is 0 Å². The lowest BCUT2D eigenvalue weighted by Crippen LogP contribution is -2.72. The zero-order valence-corrected chi connectivity index (χ0v) is 36.5. The first kappa shape index (κ1) is 39.3. The van der Waals surface area contributed by atoms with Gasteiger partial charge in [-0.3, -0.25) is 0 Å². The summed E-state index contributed by atoms with van der Waals surface area (Å²) < 4.78 is 23.5. The fourth-order valence-electron chi connectivity index (χ4n) is 9.83. The van der Waals surface area contributed by atoms with Crippen LogP contribution in [0.4, 0.5) is 34.1 Å². The molecule has 3 aliphatic heterocycles. The highest BCUT2D eigenvalue weighted by atomic mass is 28.3. The van der Waals surface area contributed by atoms with Crippen molar-refractivity contribution in [1.29, 1.82) is 0 Å². The molecule has 8 aromatic rings. The molecular formula is C56H48N2O4Si. The molecule has 0 saturated carbocycles. The summed E-state index contributed by atoms with van der Waals surface area (Å²) >= 11 is 0. The van der Waals surface area contributed by atoms with Crippen molar-refractivity contribution in [2.45, 2.75) is 26.4 Å². The van der Waals surface area contributed by atoms with Crippen LogP contribution in [0.2, 0.25) is 0 Å². The summed E-state index contributed by atoms with van der Waals surface area (Å²) in [7, 11) is -2.98. The van der Waals surface area contributed by atoms with Gasteiger partial charge >= 0.3 is 0 Å². The van der Waals surface area contributed by atoms with E-state index in [1.807, 2.05) is 0 Å². The van der Waals surface area contributed by atoms with Crippen LogP contribution in [0.25, 0.3) is 11.1 Å². The van der Waals surface area contributed by atoms with Crippen molar-refractivity contribution < 1.29 is 18.9 Å². The zero-order valence-electron chi connectivity index (χ0n) is 35.5. The highest BCUT2D eigenvalue weighted by Crippen LogP contribution is 2.41. The molecule has 0 N–H and O–H groups in total. The van der Waals surface area contributed by atoms with Gasteiger partial charge in [-0.2, -0.15) is 0 Å². The van der Waals surface area contributed by atoms with E-state index in [9.17, 15) is 0 Å². The van der Waals surface area contributed by atoms with Crippen LogP contribution in [-0.4, -0.2) is 34.5 Å². The van der Waals surface area contributed by atoms with E-state index in [0.717, 1.165) is 45.3 Å². The fourth-order valence-corrected chi connectivity index (χ4v) is 15.1. The molecule has 7 heteroatoms. The average molecular weight is 841 g/mol. The van der Waals surface area contributed by atoms with Crippen molar-refractivity contribution in [2.75, 3.05) is 36.2 Å². The molecule has 0 aliphatic carbocycles. The summed E-state index contributed by atoms with van der Waals surface area (Å²) in [5.74, 6) is 0. The minimum atomic E-state index is -2.98. The molecule has 2 saturated heterocycles. The van der Waals surface area contributed by atoms with Crippen molar-refractivity contribution in [3.05, 3.63) is 216 Å². The van der Waals surface area contributed by atoms with Crippen LogP contribution >= 0.6 is 0 Å². The summed E-state index contributed by atoms with van der Waals surface area (Å²) in [5.41, 5.74) is 13.5. The maximum atomic E-state index is 5.87. The van der Waals surface area contributed by atoms with E-state index >= 15 is 0 Å². The predicted octanol–water partition coefficient (Wildman–Crippen LogP) is 10.7. The van der Waals surface area contributed by atoms with Gasteiger partial charge < -0.3 is 28.7 Å². The van der Waals surface area contributed by atoms with E-state index in [-0.39, 0.29) is 12.6 Å². The molecule has 0 spiro atoms. The molecule has 6 nitrogen and oxygen atoms in total. The van der Waals surface area contributed by atoms with Gasteiger partial charge in [0.2, 0.25) is 0 Å².